The molecule has 0 fully saturated rings. The molecule has 0 unspecified atom stereocenters. The zero-order valence-corrected chi connectivity index (χ0v) is 8.73. The Morgan fingerprint density at radius 3 is 2.73 bits per heavy atom. The smallest absolute Gasteiger partial charge is 0.323 e. The zero-order valence-electron chi connectivity index (χ0n) is 8.73. The van der Waals surface area contributed by atoms with Gasteiger partial charge in [-0.1, -0.05) is 6.08 Å². The number of aliphatic carboxylic acids is 1. The lowest BCUT2D eigenvalue weighted by atomic mass is 10.5. The molecule has 0 radical (unpaired) electrons. The number of rotatable bonds is 7. The number of hydrogen-bond donors (Lipinski definition) is 2. The number of ether oxygens (including phenoxy) is 1. The lowest BCUT2D eigenvalue weighted by Gasteiger charge is -2.20. The molecule has 0 aliphatic rings. The highest BCUT2D eigenvalue weighted by atomic mass is 16.5. The summed E-state index contributed by atoms with van der Waals surface area (Å²) in [6.45, 7) is 4.27. The maximum Gasteiger partial charge on any atom is 0.323 e. The molecule has 0 bridgehead atoms. The standard InChI is InChI=1S/C9H16N2O4/c1-3-4-11(5-6-15-2)9(14)10-7-8(12)13/h3H,1,4-7H2,2H3,(H,10,14)(H,12,13). The van der Waals surface area contributed by atoms with E-state index in [2.05, 4.69) is 11.9 Å². The molecule has 0 heterocycles. The normalized spacial score (nSPS) is 9.40. The number of carbonyl (C=O) groups is 2. The number of urea groups is 1. The highest BCUT2D eigenvalue weighted by Crippen LogP contribution is 1.90. The van der Waals surface area contributed by atoms with Gasteiger partial charge in [-0.05, 0) is 0 Å². The lowest BCUT2D eigenvalue weighted by molar-refractivity contribution is -0.135. The van der Waals surface area contributed by atoms with Gasteiger partial charge in [0.2, 0.25) is 0 Å². The third-order valence-corrected chi connectivity index (χ3v) is 1.59. The summed E-state index contributed by atoms with van der Waals surface area (Å²) in [5, 5.41) is 10.6. The minimum atomic E-state index is -1.08. The van der Waals surface area contributed by atoms with Crippen molar-refractivity contribution in [1.29, 1.82) is 0 Å². The molecule has 6 nitrogen and oxygen atoms in total. The monoisotopic (exact) mass is 216 g/mol. The Labute approximate surface area is 88.5 Å². The van der Waals surface area contributed by atoms with Crippen molar-refractivity contribution < 1.29 is 19.4 Å². The van der Waals surface area contributed by atoms with E-state index in [4.69, 9.17) is 9.84 Å². The van der Waals surface area contributed by atoms with Crippen LogP contribution in [-0.4, -0.2) is 55.4 Å². The Morgan fingerprint density at radius 2 is 2.27 bits per heavy atom. The summed E-state index contributed by atoms with van der Waals surface area (Å²) < 4.78 is 4.82. The van der Waals surface area contributed by atoms with Crippen LogP contribution in [0.4, 0.5) is 4.79 Å². The van der Waals surface area contributed by atoms with E-state index in [9.17, 15) is 9.59 Å². The van der Waals surface area contributed by atoms with Crippen molar-refractivity contribution in [1.82, 2.24) is 10.2 Å². The highest BCUT2D eigenvalue weighted by Gasteiger charge is 2.11. The maximum atomic E-state index is 11.4. The van der Waals surface area contributed by atoms with Crippen LogP contribution in [0.2, 0.25) is 0 Å². The Morgan fingerprint density at radius 1 is 1.60 bits per heavy atom. The molecule has 0 aliphatic heterocycles. The molecule has 0 saturated heterocycles. The number of hydrogen-bond acceptors (Lipinski definition) is 3. The van der Waals surface area contributed by atoms with Gasteiger partial charge in [-0.3, -0.25) is 4.79 Å². The molecule has 0 rings (SSSR count). The Balaban J connectivity index is 4.02. The molecule has 15 heavy (non-hydrogen) atoms. The molecule has 0 saturated carbocycles. The van der Waals surface area contributed by atoms with Crippen LogP contribution >= 0.6 is 0 Å². The second kappa shape index (κ2) is 7.81. The van der Waals surface area contributed by atoms with Gasteiger partial charge in [0.25, 0.3) is 0 Å². The lowest BCUT2D eigenvalue weighted by Crippen LogP contribution is -2.43. The highest BCUT2D eigenvalue weighted by molar-refractivity contribution is 5.80. The number of amides is 2. The number of carboxylic acid groups (broad SMARTS) is 1. The molecule has 0 atom stereocenters. The van der Waals surface area contributed by atoms with Gasteiger partial charge in [0.15, 0.2) is 0 Å². The van der Waals surface area contributed by atoms with Crippen molar-refractivity contribution in [2.75, 3.05) is 33.4 Å². The average Bonchev–Trinajstić information content (AvgIpc) is 2.20. The number of carboxylic acids is 1. The fourth-order valence-electron chi connectivity index (χ4n) is 0.896. The van der Waals surface area contributed by atoms with Crippen molar-refractivity contribution >= 4 is 12.0 Å². The van der Waals surface area contributed by atoms with Gasteiger partial charge in [0.1, 0.15) is 6.54 Å². The van der Waals surface area contributed by atoms with E-state index in [1.807, 2.05) is 0 Å². The number of nitrogens with zero attached hydrogens (tertiary/aromatic N) is 1. The number of carbonyl (C=O) groups excluding carboxylic acids is 1. The largest absolute Gasteiger partial charge is 0.480 e. The van der Waals surface area contributed by atoms with Crippen LogP contribution in [0.1, 0.15) is 0 Å². The number of methoxy groups -OCH3 is 1. The van der Waals surface area contributed by atoms with Crippen molar-refractivity contribution in [3.63, 3.8) is 0 Å². The molecular weight excluding hydrogens is 200 g/mol. The summed E-state index contributed by atoms with van der Waals surface area (Å²) in [5.41, 5.74) is 0. The minimum Gasteiger partial charge on any atom is -0.480 e. The van der Waals surface area contributed by atoms with Crippen LogP contribution < -0.4 is 5.32 Å². The van der Waals surface area contributed by atoms with Crippen LogP contribution in [0, 0.1) is 0 Å². The molecule has 0 spiro atoms. The molecule has 2 amide bonds. The number of nitrogens with one attached hydrogen (secondary N) is 1. The van der Waals surface area contributed by atoms with E-state index in [1.54, 1.807) is 6.08 Å². The topological polar surface area (TPSA) is 78.9 Å². The third-order valence-electron chi connectivity index (χ3n) is 1.59. The van der Waals surface area contributed by atoms with E-state index in [1.165, 1.54) is 12.0 Å². The van der Waals surface area contributed by atoms with Crippen molar-refractivity contribution in [3.8, 4) is 0 Å². The van der Waals surface area contributed by atoms with E-state index in [-0.39, 0.29) is 6.54 Å². The van der Waals surface area contributed by atoms with Crippen molar-refractivity contribution in [3.05, 3.63) is 12.7 Å². The van der Waals surface area contributed by atoms with Gasteiger partial charge < -0.3 is 20.1 Å². The van der Waals surface area contributed by atoms with E-state index < -0.39 is 12.0 Å². The summed E-state index contributed by atoms with van der Waals surface area (Å²) in [5.74, 6) is -1.08. The van der Waals surface area contributed by atoms with Crippen LogP contribution in [0.5, 0.6) is 0 Å². The SMILES string of the molecule is C=CCN(CCOC)C(=O)NCC(=O)O. The summed E-state index contributed by atoms with van der Waals surface area (Å²) in [4.78, 5) is 23.0. The second-order valence-electron chi connectivity index (χ2n) is 2.78. The summed E-state index contributed by atoms with van der Waals surface area (Å²) >= 11 is 0. The van der Waals surface area contributed by atoms with Crippen LogP contribution in [0.3, 0.4) is 0 Å². The molecule has 6 heteroatoms. The van der Waals surface area contributed by atoms with E-state index in [0.29, 0.717) is 19.7 Å². The first-order valence-corrected chi connectivity index (χ1v) is 4.46. The molecule has 2 N–H and O–H groups in total. The van der Waals surface area contributed by atoms with Crippen molar-refractivity contribution in [2.45, 2.75) is 0 Å². The van der Waals surface area contributed by atoms with Crippen molar-refractivity contribution in [2.24, 2.45) is 0 Å². The van der Waals surface area contributed by atoms with Crippen LogP contribution in [-0.2, 0) is 9.53 Å². The molecule has 0 aliphatic carbocycles. The fourth-order valence-corrected chi connectivity index (χ4v) is 0.896. The first kappa shape index (κ1) is 13.4. The van der Waals surface area contributed by atoms with Gasteiger partial charge in [0.05, 0.1) is 6.61 Å². The predicted octanol–water partition coefficient (Wildman–Crippen LogP) is -0.0850. The molecule has 0 aromatic rings. The molecular formula is C9H16N2O4. The average molecular weight is 216 g/mol. The Kier molecular flexibility index (Phi) is 7.00. The summed E-state index contributed by atoms with van der Waals surface area (Å²) in [7, 11) is 1.53. The van der Waals surface area contributed by atoms with Gasteiger partial charge in [-0.2, -0.15) is 0 Å². The van der Waals surface area contributed by atoms with Gasteiger partial charge >= 0.3 is 12.0 Å². The fraction of sp³-hybridized carbons (Fsp3) is 0.556. The zero-order chi connectivity index (χ0) is 11.7. The molecule has 0 aromatic heterocycles. The van der Waals surface area contributed by atoms with E-state index >= 15 is 0 Å². The quantitative estimate of drug-likeness (QED) is 0.583. The Bertz CT molecular complexity index is 230. The Hall–Kier alpha value is -1.56. The van der Waals surface area contributed by atoms with E-state index in [0.717, 1.165) is 0 Å². The molecule has 86 valence electrons. The molecule has 0 aromatic carbocycles. The third kappa shape index (κ3) is 6.50. The van der Waals surface area contributed by atoms with Crippen LogP contribution in [0.15, 0.2) is 12.7 Å². The summed E-state index contributed by atoms with van der Waals surface area (Å²) in [6, 6.07) is -0.436. The first-order chi connectivity index (χ1) is 7.11. The first-order valence-electron chi connectivity index (χ1n) is 4.46. The predicted molar refractivity (Wildman–Crippen MR) is 54.7 cm³/mol. The van der Waals surface area contributed by atoms with Gasteiger partial charge in [-0.15, -0.1) is 6.58 Å². The van der Waals surface area contributed by atoms with Crippen LogP contribution in [0.25, 0.3) is 0 Å². The minimum absolute atomic E-state index is 0.356. The second-order valence-corrected chi connectivity index (χ2v) is 2.78. The van der Waals surface area contributed by atoms with Gasteiger partial charge in [0, 0.05) is 20.2 Å². The maximum absolute atomic E-state index is 11.4. The van der Waals surface area contributed by atoms with Gasteiger partial charge in [-0.25, -0.2) is 4.79 Å². The summed E-state index contributed by atoms with van der Waals surface area (Å²) in [6.07, 6.45) is 1.57.